The largest absolute Gasteiger partial charge is 0.494 e. The lowest BCUT2D eigenvalue weighted by Crippen LogP contribution is -2.01. The first kappa shape index (κ1) is 20.5. The maximum atomic E-state index is 5.75. The predicted octanol–water partition coefficient (Wildman–Crippen LogP) is 6.93. The smallest absolute Gasteiger partial charge is 0.119 e. The molecule has 2 nitrogen and oxygen atoms in total. The van der Waals surface area contributed by atoms with Crippen LogP contribution in [-0.2, 0) is 6.42 Å². The van der Waals surface area contributed by atoms with Gasteiger partial charge in [-0.2, -0.15) is 0 Å². The van der Waals surface area contributed by atoms with Gasteiger partial charge < -0.3 is 4.74 Å². The molecule has 0 N–H and O–H groups in total. The molecule has 0 aliphatic carbocycles. The van der Waals surface area contributed by atoms with Gasteiger partial charge in [-0.15, -0.1) is 0 Å². The van der Waals surface area contributed by atoms with Crippen molar-refractivity contribution in [3.8, 4) is 5.75 Å². The number of rotatable bonds is 12. The van der Waals surface area contributed by atoms with Crippen molar-refractivity contribution in [3.05, 3.63) is 59.4 Å². The van der Waals surface area contributed by atoms with Crippen molar-refractivity contribution < 1.29 is 4.74 Å². The van der Waals surface area contributed by atoms with E-state index in [0.29, 0.717) is 5.92 Å². The lowest BCUT2D eigenvalue weighted by molar-refractivity contribution is 0.309. The Kier molecular flexibility index (Phi) is 9.23. The SMILES string of the molecule is CCCCCCCc1ccc(C(C)c2ccc(OCCCC)cc2)nc1. The van der Waals surface area contributed by atoms with Crippen LogP contribution in [0.25, 0.3) is 0 Å². The van der Waals surface area contributed by atoms with E-state index in [2.05, 4.69) is 63.4 Å². The Morgan fingerprint density at radius 3 is 2.23 bits per heavy atom. The topological polar surface area (TPSA) is 22.1 Å². The standard InChI is InChI=1S/C24H35NO/c1-4-6-8-9-10-11-21-12-17-24(25-19-21)20(3)22-13-15-23(16-14-22)26-18-7-5-2/h12-17,19-20H,4-11,18H2,1-3H3. The average Bonchev–Trinajstić information content (AvgIpc) is 2.68. The fourth-order valence-corrected chi connectivity index (χ4v) is 3.13. The summed E-state index contributed by atoms with van der Waals surface area (Å²) in [6.07, 6.45) is 12.1. The summed E-state index contributed by atoms with van der Waals surface area (Å²) in [6, 6.07) is 12.9. The van der Waals surface area contributed by atoms with E-state index in [1.807, 2.05) is 0 Å². The zero-order chi connectivity index (χ0) is 18.6. The van der Waals surface area contributed by atoms with Gasteiger partial charge in [-0.25, -0.2) is 0 Å². The van der Waals surface area contributed by atoms with E-state index in [1.54, 1.807) is 0 Å². The van der Waals surface area contributed by atoms with Gasteiger partial charge in [-0.1, -0.05) is 71.1 Å². The Bertz CT molecular complexity index is 603. The van der Waals surface area contributed by atoms with E-state index in [0.717, 1.165) is 37.3 Å². The molecule has 1 aromatic heterocycles. The minimum atomic E-state index is 0.304. The number of aryl methyl sites for hydroxylation is 1. The molecule has 26 heavy (non-hydrogen) atoms. The Balaban J connectivity index is 1.85. The Morgan fingerprint density at radius 2 is 1.58 bits per heavy atom. The summed E-state index contributed by atoms with van der Waals surface area (Å²) in [7, 11) is 0. The van der Waals surface area contributed by atoms with E-state index in [1.165, 1.54) is 43.2 Å². The highest BCUT2D eigenvalue weighted by molar-refractivity contribution is 5.33. The molecule has 0 saturated heterocycles. The van der Waals surface area contributed by atoms with Crippen LogP contribution in [0.4, 0.5) is 0 Å². The number of aromatic nitrogens is 1. The fraction of sp³-hybridized carbons (Fsp3) is 0.542. The zero-order valence-corrected chi connectivity index (χ0v) is 16.8. The molecule has 0 fully saturated rings. The number of pyridine rings is 1. The molecular weight excluding hydrogens is 318 g/mol. The van der Waals surface area contributed by atoms with E-state index < -0.39 is 0 Å². The molecule has 0 saturated carbocycles. The molecule has 0 spiro atoms. The van der Waals surface area contributed by atoms with Gasteiger partial charge in [0.15, 0.2) is 0 Å². The van der Waals surface area contributed by atoms with E-state index in [-0.39, 0.29) is 0 Å². The molecule has 1 atom stereocenters. The molecule has 0 amide bonds. The quantitative estimate of drug-likeness (QED) is 0.386. The van der Waals surface area contributed by atoms with Crippen molar-refractivity contribution in [1.82, 2.24) is 4.98 Å². The molecule has 1 heterocycles. The summed E-state index contributed by atoms with van der Waals surface area (Å²) < 4.78 is 5.75. The lowest BCUT2D eigenvalue weighted by Gasteiger charge is -2.13. The van der Waals surface area contributed by atoms with Gasteiger partial charge in [-0.05, 0) is 48.6 Å². The normalized spacial score (nSPS) is 12.1. The van der Waals surface area contributed by atoms with Crippen molar-refractivity contribution in [2.75, 3.05) is 6.61 Å². The van der Waals surface area contributed by atoms with Crippen molar-refractivity contribution in [2.45, 2.75) is 78.1 Å². The van der Waals surface area contributed by atoms with Crippen LogP contribution in [0.1, 0.15) is 88.5 Å². The maximum Gasteiger partial charge on any atom is 0.119 e. The van der Waals surface area contributed by atoms with Crippen molar-refractivity contribution >= 4 is 0 Å². The van der Waals surface area contributed by atoms with E-state index >= 15 is 0 Å². The first-order valence-corrected chi connectivity index (χ1v) is 10.4. The van der Waals surface area contributed by atoms with Gasteiger partial charge in [0.25, 0.3) is 0 Å². The van der Waals surface area contributed by atoms with Gasteiger partial charge in [0.2, 0.25) is 0 Å². The second kappa shape index (κ2) is 11.7. The molecule has 2 aromatic rings. The minimum absolute atomic E-state index is 0.304. The average molecular weight is 354 g/mol. The summed E-state index contributed by atoms with van der Waals surface area (Å²) in [5.41, 5.74) is 3.78. The first-order chi connectivity index (χ1) is 12.7. The van der Waals surface area contributed by atoms with Crippen LogP contribution in [-0.4, -0.2) is 11.6 Å². The van der Waals surface area contributed by atoms with Crippen LogP contribution in [0, 0.1) is 0 Å². The van der Waals surface area contributed by atoms with Crippen LogP contribution >= 0.6 is 0 Å². The zero-order valence-electron chi connectivity index (χ0n) is 16.8. The molecule has 0 bridgehead atoms. The molecule has 0 aliphatic rings. The molecule has 1 unspecified atom stereocenters. The third kappa shape index (κ3) is 6.82. The lowest BCUT2D eigenvalue weighted by atomic mass is 9.96. The molecule has 0 radical (unpaired) electrons. The Hall–Kier alpha value is -1.83. The fourth-order valence-electron chi connectivity index (χ4n) is 3.13. The third-order valence-corrected chi connectivity index (χ3v) is 5.01. The van der Waals surface area contributed by atoms with Crippen LogP contribution in [0.5, 0.6) is 5.75 Å². The minimum Gasteiger partial charge on any atom is -0.494 e. The van der Waals surface area contributed by atoms with Crippen molar-refractivity contribution in [3.63, 3.8) is 0 Å². The predicted molar refractivity (Wildman–Crippen MR) is 111 cm³/mol. The van der Waals surface area contributed by atoms with Crippen LogP contribution in [0.2, 0.25) is 0 Å². The van der Waals surface area contributed by atoms with Gasteiger partial charge >= 0.3 is 0 Å². The maximum absolute atomic E-state index is 5.75. The molecule has 142 valence electrons. The Labute approximate surface area is 160 Å². The van der Waals surface area contributed by atoms with E-state index in [9.17, 15) is 0 Å². The Morgan fingerprint density at radius 1 is 0.846 bits per heavy atom. The highest BCUT2D eigenvalue weighted by Gasteiger charge is 2.10. The van der Waals surface area contributed by atoms with E-state index in [4.69, 9.17) is 9.72 Å². The van der Waals surface area contributed by atoms with Crippen LogP contribution in [0.3, 0.4) is 0 Å². The number of hydrogen-bond donors (Lipinski definition) is 0. The number of benzene rings is 1. The summed E-state index contributed by atoms with van der Waals surface area (Å²) in [5.74, 6) is 1.26. The number of unbranched alkanes of at least 4 members (excludes halogenated alkanes) is 5. The summed E-state index contributed by atoms with van der Waals surface area (Å²) in [4.78, 5) is 4.72. The number of hydrogen-bond acceptors (Lipinski definition) is 2. The van der Waals surface area contributed by atoms with Crippen molar-refractivity contribution in [1.29, 1.82) is 0 Å². The molecule has 1 aromatic carbocycles. The first-order valence-electron chi connectivity index (χ1n) is 10.4. The highest BCUT2D eigenvalue weighted by Crippen LogP contribution is 2.25. The summed E-state index contributed by atoms with van der Waals surface area (Å²) >= 11 is 0. The van der Waals surface area contributed by atoms with Gasteiger partial charge in [0.05, 0.1) is 6.61 Å². The van der Waals surface area contributed by atoms with Crippen molar-refractivity contribution in [2.24, 2.45) is 0 Å². The molecule has 0 aliphatic heterocycles. The molecule has 2 heteroatoms. The summed E-state index contributed by atoms with van der Waals surface area (Å²) in [5, 5.41) is 0. The number of ether oxygens (including phenoxy) is 1. The second-order valence-corrected chi connectivity index (χ2v) is 7.25. The van der Waals surface area contributed by atoms with Gasteiger partial charge in [-0.3, -0.25) is 4.98 Å². The summed E-state index contributed by atoms with van der Waals surface area (Å²) in [6.45, 7) is 7.46. The van der Waals surface area contributed by atoms with Gasteiger partial charge in [0, 0.05) is 17.8 Å². The number of nitrogens with zero attached hydrogens (tertiary/aromatic N) is 1. The van der Waals surface area contributed by atoms with Gasteiger partial charge in [0.1, 0.15) is 5.75 Å². The molecular formula is C24H35NO. The highest BCUT2D eigenvalue weighted by atomic mass is 16.5. The second-order valence-electron chi connectivity index (χ2n) is 7.25. The van der Waals surface area contributed by atoms with Crippen LogP contribution in [0.15, 0.2) is 42.6 Å². The molecule has 2 rings (SSSR count). The third-order valence-electron chi connectivity index (χ3n) is 5.01. The monoisotopic (exact) mass is 353 g/mol. The van der Waals surface area contributed by atoms with Crippen LogP contribution < -0.4 is 4.74 Å².